The Morgan fingerprint density at radius 2 is 0.904 bits per heavy atom. The molecule has 5 heterocycles. The molecule has 4 aliphatic heterocycles. The number of Topliss-reactive ketones (excluding diaryl/α,β-unsaturated/α-hetero) is 4. The standard InChI is InChI=1S/C25H32N2O5.2C24H22N2O3.C19H31NO5/c1-16(28)9-5-3-4-6-12-24(30)27-22(23(29)14-20-17(2)32-25(20)31)13-18-15-26-21-11-8-7-10-19(18)21;2*1-25(2)15-9-11-19-21(13-15)29-22-14-16(26(3)4)10-12-20(22)23(19)17-7-5-6-8-18(17)24(27)28;1-12(2)18(16(22)11-15-14(4)25-19(15)24)20-17(23)10-8-6-5-7-9-13(3)21/h7-8,10-11,15,17,20,22,26H,3-6,9,12-14H2,1-2H3,(H,27,30);2*5-14H,1-4H3;12,14-15,18H,5-11H2,1-4H3,(H,20,23)/p+2/t17-,20+,22+;;;14-,15+,18+/m1..1/s1. The molecule has 6 aliphatic rings. The number of cyclic esters (lactones) is 2. The van der Waals surface area contributed by atoms with E-state index in [-0.39, 0.29) is 94.9 Å². The number of carbonyl (C=O) groups excluding carboxylic acids is 8. The molecule has 23 nitrogen and oxygen atoms in total. The van der Waals surface area contributed by atoms with Gasteiger partial charge in [0.05, 0.1) is 35.3 Å². The normalized spacial score (nSPS) is 15.2. The van der Waals surface area contributed by atoms with Crippen molar-refractivity contribution in [1.82, 2.24) is 24.8 Å². The van der Waals surface area contributed by atoms with E-state index in [1.54, 1.807) is 52.0 Å². The number of nitrogens with zero attached hydrogens (tertiary/aromatic N) is 4. The van der Waals surface area contributed by atoms with Gasteiger partial charge in [-0.15, -0.1) is 0 Å². The number of rotatable bonds is 31. The van der Waals surface area contributed by atoms with Crippen LogP contribution in [0.2, 0.25) is 0 Å². The van der Waals surface area contributed by atoms with Crippen LogP contribution in [0.15, 0.2) is 161 Å². The Labute approximate surface area is 671 Å². The first-order valence-corrected chi connectivity index (χ1v) is 39.4. The number of amides is 2. The number of ether oxygens (including phenoxy) is 2. The lowest BCUT2D eigenvalue weighted by Crippen LogP contribution is -2.49. The van der Waals surface area contributed by atoms with Gasteiger partial charge in [-0.2, -0.15) is 0 Å². The lowest BCUT2D eigenvalue weighted by atomic mass is 9.87. The van der Waals surface area contributed by atoms with E-state index in [0.717, 1.165) is 139 Å². The highest BCUT2D eigenvalue weighted by Crippen LogP contribution is 2.44. The van der Waals surface area contributed by atoms with Crippen LogP contribution in [0.1, 0.15) is 158 Å². The monoisotopic (exact) mass is 1570 g/mol. The summed E-state index contributed by atoms with van der Waals surface area (Å²) < 4.78 is 26.5. The Balaban J connectivity index is 0.000000176. The van der Waals surface area contributed by atoms with Crippen molar-refractivity contribution in [2.24, 2.45) is 17.8 Å². The van der Waals surface area contributed by atoms with Crippen LogP contribution in [0, 0.1) is 17.8 Å². The van der Waals surface area contributed by atoms with Gasteiger partial charge in [-0.25, -0.2) is 18.7 Å². The van der Waals surface area contributed by atoms with Crippen LogP contribution in [0.4, 0.5) is 11.4 Å². The molecule has 2 aliphatic carbocycles. The van der Waals surface area contributed by atoms with Gasteiger partial charge in [0, 0.05) is 159 Å². The summed E-state index contributed by atoms with van der Waals surface area (Å²) in [5.41, 5.74) is 10.8. The molecule has 0 spiro atoms. The molecule has 606 valence electrons. The van der Waals surface area contributed by atoms with E-state index in [2.05, 4.69) is 15.6 Å². The molecule has 0 bridgehead atoms. The summed E-state index contributed by atoms with van der Waals surface area (Å²) in [5.74, 6) is -2.18. The maximum Gasteiger partial charge on any atom is 0.336 e. The predicted molar refractivity (Wildman–Crippen MR) is 448 cm³/mol. The number of hydrogen-bond donors (Lipinski definition) is 5. The Morgan fingerprint density at radius 1 is 0.487 bits per heavy atom. The van der Waals surface area contributed by atoms with Crippen LogP contribution < -0.4 is 40.3 Å². The molecule has 12 rings (SSSR count). The van der Waals surface area contributed by atoms with Crippen LogP contribution >= 0.6 is 0 Å². The van der Waals surface area contributed by atoms with Crippen molar-refractivity contribution in [2.75, 3.05) is 66.2 Å². The molecular formula is C92H109N7O16+2. The number of anilines is 2. The molecule has 1 aromatic heterocycles. The van der Waals surface area contributed by atoms with Gasteiger partial charge in [-0.1, -0.05) is 94.1 Å². The Kier molecular flexibility index (Phi) is 30.5. The molecule has 5 N–H and O–H groups in total. The third-order valence-corrected chi connectivity index (χ3v) is 21.0. The first-order chi connectivity index (χ1) is 54.8. The fourth-order valence-electron chi connectivity index (χ4n) is 14.3. The summed E-state index contributed by atoms with van der Waals surface area (Å²) >= 11 is 0. The minimum atomic E-state index is -0.947. The van der Waals surface area contributed by atoms with E-state index in [4.69, 9.17) is 18.3 Å². The maximum absolute atomic E-state index is 13.0. The number of carboxylic acid groups (broad SMARTS) is 2. The molecule has 2 amide bonds. The zero-order valence-electron chi connectivity index (χ0n) is 68.5. The number of hydrogen-bond acceptors (Lipinski definition) is 16. The molecule has 2 saturated heterocycles. The summed E-state index contributed by atoms with van der Waals surface area (Å²) in [7, 11) is 15.8. The number of unbranched alkanes of at least 4 members (excludes halogenated alkanes) is 6. The molecule has 6 atom stereocenters. The van der Waals surface area contributed by atoms with Crippen LogP contribution in [-0.4, -0.2) is 155 Å². The smallest absolute Gasteiger partial charge is 0.336 e. The Morgan fingerprint density at radius 3 is 1.31 bits per heavy atom. The Hall–Kier alpha value is -11.9. The molecule has 0 radical (unpaired) electrons. The van der Waals surface area contributed by atoms with Gasteiger partial charge in [0.1, 0.15) is 86.5 Å². The number of para-hydroxylation sites is 1. The van der Waals surface area contributed by atoms with Crippen molar-refractivity contribution in [3.63, 3.8) is 0 Å². The lowest BCUT2D eigenvalue weighted by Gasteiger charge is -2.33. The van der Waals surface area contributed by atoms with Gasteiger partial charge < -0.3 is 63.5 Å². The van der Waals surface area contributed by atoms with Gasteiger partial charge in [0.25, 0.3) is 0 Å². The van der Waals surface area contributed by atoms with E-state index in [0.29, 0.717) is 49.7 Å². The van der Waals surface area contributed by atoms with Crippen LogP contribution in [0.3, 0.4) is 0 Å². The van der Waals surface area contributed by atoms with E-state index in [1.165, 1.54) is 0 Å². The number of esters is 2. The maximum atomic E-state index is 13.0. The first-order valence-electron chi connectivity index (χ1n) is 39.4. The van der Waals surface area contributed by atoms with Gasteiger partial charge in [0.2, 0.25) is 22.5 Å². The number of carboxylic acids is 2. The van der Waals surface area contributed by atoms with Gasteiger partial charge >= 0.3 is 23.9 Å². The second-order valence-electron chi connectivity index (χ2n) is 31.0. The molecule has 2 fully saturated rings. The highest BCUT2D eigenvalue weighted by molar-refractivity contribution is 6.09. The average Bonchev–Trinajstić information content (AvgIpc) is 1.27. The van der Waals surface area contributed by atoms with Crippen LogP contribution in [0.5, 0.6) is 0 Å². The molecular weight excluding hydrogens is 1460 g/mol. The highest BCUT2D eigenvalue weighted by atomic mass is 16.6. The quantitative estimate of drug-likeness (QED) is 0.0117. The molecule has 115 heavy (non-hydrogen) atoms. The first kappa shape index (κ1) is 87.1. The van der Waals surface area contributed by atoms with Crippen LogP contribution in [-0.2, 0) is 54.3 Å². The second kappa shape index (κ2) is 40.2. The largest absolute Gasteiger partial charge is 0.478 e. The lowest BCUT2D eigenvalue weighted by molar-refractivity contribution is -0.184. The average molecular weight is 1570 g/mol. The zero-order valence-corrected chi connectivity index (χ0v) is 68.5. The molecule has 0 unspecified atom stereocenters. The molecule has 0 saturated carbocycles. The van der Waals surface area contributed by atoms with E-state index in [1.807, 2.05) is 217 Å². The van der Waals surface area contributed by atoms with Crippen molar-refractivity contribution in [3.8, 4) is 44.9 Å². The summed E-state index contributed by atoms with van der Waals surface area (Å²) in [6, 6.07) is 44.8. The summed E-state index contributed by atoms with van der Waals surface area (Å²) in [4.78, 5) is 126. The number of benzene rings is 7. The molecule has 23 heteroatoms. The number of nitrogens with one attached hydrogen (secondary N) is 3. The van der Waals surface area contributed by atoms with Crippen molar-refractivity contribution < 1.29 is 76.5 Å². The third-order valence-electron chi connectivity index (χ3n) is 21.0. The minimum Gasteiger partial charge on any atom is -0.478 e. The number of aromatic carboxylic acids is 2. The number of fused-ring (bicyclic) bond motifs is 5. The van der Waals surface area contributed by atoms with E-state index < -0.39 is 29.9 Å². The van der Waals surface area contributed by atoms with E-state index in [9.17, 15) is 58.2 Å². The topological polar surface area (TPSA) is 308 Å². The summed E-state index contributed by atoms with van der Waals surface area (Å²) in [6.45, 7) is 10.5. The number of ketones is 4. The minimum absolute atomic E-state index is 0.0292. The third kappa shape index (κ3) is 22.8. The highest BCUT2D eigenvalue weighted by Gasteiger charge is 2.43. The fourth-order valence-corrected chi connectivity index (χ4v) is 14.3. The zero-order chi connectivity index (χ0) is 83.5. The summed E-state index contributed by atoms with van der Waals surface area (Å²) in [6.07, 6.45) is 10.6. The number of aromatic amines is 1. The van der Waals surface area contributed by atoms with E-state index >= 15 is 0 Å². The molecule has 5 aromatic carbocycles. The summed E-state index contributed by atoms with van der Waals surface area (Å²) in [5, 5.41) is 30.1. The SMILES string of the molecule is CC(=O)CCCCCCC(=O)N[C@@H](Cc1c[nH]c2ccccc12)C(=O)C[C@@H]1C(=O)O[C@@H]1C.CC(=O)CCCCCCC(=O)N[C@H](C(=O)C[C@@H]1C(=O)O[C@@H]1C)C(C)C.CN(C)c1ccc2c(-c3ccccc3C(=O)O)c3ccc(=[N+](C)C)cc-3oc2c1.CN(C)c1ccc2c(-c3ccccc3C(=O)O)c3ccc(=[N+](C)C)cc-3oc2c1. The fraction of sp³-hybridized carbons (Fsp3) is 0.391. The Bertz CT molecular complexity index is 5100. The van der Waals surface area contributed by atoms with Crippen LogP contribution in [0.25, 0.3) is 77.7 Å². The number of H-pyrrole nitrogens is 1. The van der Waals surface area contributed by atoms with Crippen molar-refractivity contribution in [1.29, 1.82) is 0 Å². The van der Waals surface area contributed by atoms with Crippen molar-refractivity contribution in [3.05, 3.63) is 179 Å². The molecule has 6 aromatic rings. The van der Waals surface area contributed by atoms with Gasteiger partial charge in [-0.3, -0.25) is 28.8 Å². The van der Waals surface area contributed by atoms with Gasteiger partial charge in [-0.05, 0) is 131 Å². The number of carbonyl (C=O) groups is 10. The predicted octanol–water partition coefficient (Wildman–Crippen LogP) is 14.2. The number of aromatic nitrogens is 1. The second-order valence-corrected chi connectivity index (χ2v) is 31.0. The van der Waals surface area contributed by atoms with Gasteiger partial charge in [0.15, 0.2) is 11.6 Å². The van der Waals surface area contributed by atoms with Crippen molar-refractivity contribution in [2.45, 2.75) is 162 Å². The van der Waals surface area contributed by atoms with Crippen molar-refractivity contribution >= 4 is 103 Å².